The van der Waals surface area contributed by atoms with Gasteiger partial charge in [0.15, 0.2) is 0 Å². The van der Waals surface area contributed by atoms with Crippen LogP contribution in [0.25, 0.3) is 0 Å². The second-order valence-electron chi connectivity index (χ2n) is 6.00. The summed E-state index contributed by atoms with van der Waals surface area (Å²) < 4.78 is 0. The third kappa shape index (κ3) is 3.37. The Morgan fingerprint density at radius 3 is 2.67 bits per heavy atom. The number of hydrogen-bond acceptors (Lipinski definition) is 4. The number of non-ortho nitro benzene ring substituents is 1. The van der Waals surface area contributed by atoms with Crippen molar-refractivity contribution in [3.8, 4) is 0 Å². The lowest BCUT2D eigenvalue weighted by Gasteiger charge is -2.36. The molecule has 0 saturated heterocycles. The molecule has 0 fully saturated rings. The molecule has 24 heavy (non-hydrogen) atoms. The van der Waals surface area contributed by atoms with Crippen LogP contribution in [0, 0.1) is 10.1 Å². The first kappa shape index (κ1) is 16.0. The van der Waals surface area contributed by atoms with Gasteiger partial charge in [-0.25, -0.2) is 0 Å². The van der Waals surface area contributed by atoms with Gasteiger partial charge in [0.05, 0.1) is 11.5 Å². The summed E-state index contributed by atoms with van der Waals surface area (Å²) in [5, 5.41) is 13.5. The minimum Gasteiger partial charge on any atom is -0.359 e. The molecular weight excluding hydrogens is 306 g/mol. The second kappa shape index (κ2) is 6.70. The number of carbonyl (C=O) groups is 1. The van der Waals surface area contributed by atoms with E-state index in [0.717, 1.165) is 18.5 Å². The molecule has 0 radical (unpaired) electrons. The Balaban J connectivity index is 1.69. The van der Waals surface area contributed by atoms with Gasteiger partial charge < -0.3 is 10.2 Å². The Kier molecular flexibility index (Phi) is 4.46. The number of aryl methyl sites for hydroxylation is 1. The van der Waals surface area contributed by atoms with E-state index in [4.69, 9.17) is 0 Å². The Morgan fingerprint density at radius 2 is 1.96 bits per heavy atom. The largest absolute Gasteiger partial charge is 0.359 e. The van der Waals surface area contributed by atoms with E-state index < -0.39 is 4.92 Å². The van der Waals surface area contributed by atoms with Crippen LogP contribution in [0.3, 0.4) is 0 Å². The molecule has 124 valence electrons. The Bertz CT molecular complexity index is 758. The molecule has 1 aliphatic heterocycles. The number of nitrogens with one attached hydrogen (secondary N) is 1. The maximum Gasteiger partial charge on any atom is 0.269 e. The van der Waals surface area contributed by atoms with Crippen molar-refractivity contribution in [3.63, 3.8) is 0 Å². The Labute approximate surface area is 140 Å². The van der Waals surface area contributed by atoms with E-state index in [9.17, 15) is 14.9 Å². The number of amides is 1. The average Bonchev–Trinajstić information content (AvgIpc) is 2.58. The van der Waals surface area contributed by atoms with Crippen molar-refractivity contribution in [3.05, 3.63) is 64.2 Å². The first-order valence-electron chi connectivity index (χ1n) is 7.93. The number of rotatable bonds is 4. The van der Waals surface area contributed by atoms with Gasteiger partial charge in [0, 0.05) is 29.5 Å². The van der Waals surface area contributed by atoms with Crippen LogP contribution >= 0.6 is 0 Å². The number of hydrogen-bond donors (Lipinski definition) is 1. The molecule has 0 unspecified atom stereocenters. The van der Waals surface area contributed by atoms with Crippen molar-refractivity contribution < 1.29 is 9.72 Å². The lowest BCUT2D eigenvalue weighted by atomic mass is 9.96. The number of nitro benzene ring substituents is 1. The normalized spacial score (nSPS) is 16.4. The lowest BCUT2D eigenvalue weighted by Crippen LogP contribution is -2.42. The molecule has 1 atom stereocenters. The van der Waals surface area contributed by atoms with Crippen molar-refractivity contribution >= 4 is 23.0 Å². The third-order valence-electron chi connectivity index (χ3n) is 4.34. The number of carbonyl (C=O) groups excluding carboxylic acids is 1. The highest BCUT2D eigenvalue weighted by atomic mass is 16.6. The molecule has 6 heteroatoms. The quantitative estimate of drug-likeness (QED) is 0.691. The minimum atomic E-state index is -0.460. The SMILES string of the molecule is C[C@H]1CCc2ccccc2N1CC(=O)Nc1ccc([N+](=O)[O-])cc1. The maximum absolute atomic E-state index is 12.4. The van der Waals surface area contributed by atoms with Crippen LogP contribution < -0.4 is 10.2 Å². The first-order chi connectivity index (χ1) is 11.5. The number of nitro groups is 1. The van der Waals surface area contributed by atoms with Gasteiger partial charge in [0.25, 0.3) is 5.69 Å². The number of nitrogens with zero attached hydrogens (tertiary/aromatic N) is 2. The molecule has 0 aromatic heterocycles. The molecule has 6 nitrogen and oxygen atoms in total. The van der Waals surface area contributed by atoms with Gasteiger partial charge in [-0.1, -0.05) is 18.2 Å². The predicted octanol–water partition coefficient (Wildman–Crippen LogP) is 3.37. The summed E-state index contributed by atoms with van der Waals surface area (Å²) in [6.07, 6.45) is 2.04. The summed E-state index contributed by atoms with van der Waals surface area (Å²) in [6, 6.07) is 14.3. The van der Waals surface area contributed by atoms with E-state index in [-0.39, 0.29) is 18.1 Å². The van der Waals surface area contributed by atoms with Crippen molar-refractivity contribution in [2.45, 2.75) is 25.8 Å². The van der Waals surface area contributed by atoms with Crippen molar-refractivity contribution in [2.75, 3.05) is 16.8 Å². The third-order valence-corrected chi connectivity index (χ3v) is 4.34. The van der Waals surface area contributed by atoms with Gasteiger partial charge in [0.2, 0.25) is 5.91 Å². The molecule has 1 aliphatic rings. The zero-order valence-electron chi connectivity index (χ0n) is 13.4. The van der Waals surface area contributed by atoms with E-state index in [1.54, 1.807) is 12.1 Å². The molecule has 1 amide bonds. The van der Waals surface area contributed by atoms with Crippen LogP contribution in [0.15, 0.2) is 48.5 Å². The van der Waals surface area contributed by atoms with Crippen LogP contribution in [0.4, 0.5) is 17.1 Å². The predicted molar refractivity (Wildman–Crippen MR) is 93.3 cm³/mol. The molecule has 3 rings (SSSR count). The maximum atomic E-state index is 12.4. The zero-order chi connectivity index (χ0) is 17.1. The summed E-state index contributed by atoms with van der Waals surface area (Å²) in [4.78, 5) is 24.7. The summed E-state index contributed by atoms with van der Waals surface area (Å²) in [5.41, 5.74) is 2.93. The van der Waals surface area contributed by atoms with E-state index in [1.165, 1.54) is 17.7 Å². The van der Waals surface area contributed by atoms with Crippen LogP contribution in [0.2, 0.25) is 0 Å². The number of para-hydroxylation sites is 1. The molecule has 0 saturated carbocycles. The average molecular weight is 325 g/mol. The molecule has 1 heterocycles. The zero-order valence-corrected chi connectivity index (χ0v) is 13.4. The van der Waals surface area contributed by atoms with Crippen molar-refractivity contribution in [1.82, 2.24) is 0 Å². The van der Waals surface area contributed by atoms with E-state index in [2.05, 4.69) is 23.2 Å². The topological polar surface area (TPSA) is 75.5 Å². The molecular formula is C18H19N3O3. The van der Waals surface area contributed by atoms with E-state index >= 15 is 0 Å². The van der Waals surface area contributed by atoms with Crippen LogP contribution in [-0.4, -0.2) is 23.4 Å². The summed E-state index contributed by atoms with van der Waals surface area (Å²) in [6.45, 7) is 2.38. The Morgan fingerprint density at radius 1 is 1.25 bits per heavy atom. The molecule has 1 N–H and O–H groups in total. The summed E-state index contributed by atoms with van der Waals surface area (Å²) >= 11 is 0. The van der Waals surface area contributed by atoms with E-state index in [0.29, 0.717) is 11.7 Å². The first-order valence-corrected chi connectivity index (χ1v) is 7.93. The van der Waals surface area contributed by atoms with Crippen LogP contribution in [0.5, 0.6) is 0 Å². The minimum absolute atomic E-state index is 0.00609. The fourth-order valence-electron chi connectivity index (χ4n) is 3.02. The van der Waals surface area contributed by atoms with Gasteiger partial charge >= 0.3 is 0 Å². The van der Waals surface area contributed by atoms with Gasteiger partial charge in [-0.15, -0.1) is 0 Å². The van der Waals surface area contributed by atoms with Crippen LogP contribution in [-0.2, 0) is 11.2 Å². The highest BCUT2D eigenvalue weighted by Gasteiger charge is 2.24. The van der Waals surface area contributed by atoms with Gasteiger partial charge in [0.1, 0.15) is 0 Å². The fourth-order valence-corrected chi connectivity index (χ4v) is 3.02. The van der Waals surface area contributed by atoms with Gasteiger partial charge in [-0.3, -0.25) is 14.9 Å². The monoisotopic (exact) mass is 325 g/mol. The fraction of sp³-hybridized carbons (Fsp3) is 0.278. The standard InChI is InChI=1S/C18H19N3O3/c1-13-6-7-14-4-2-3-5-17(14)20(13)12-18(22)19-15-8-10-16(11-9-15)21(23)24/h2-5,8-11,13H,6-7,12H2,1H3,(H,19,22)/t13-/m0/s1. The molecule has 0 bridgehead atoms. The molecule has 0 aliphatic carbocycles. The van der Waals surface area contributed by atoms with Crippen molar-refractivity contribution in [1.29, 1.82) is 0 Å². The van der Waals surface area contributed by atoms with Gasteiger partial charge in [-0.2, -0.15) is 0 Å². The molecule has 2 aromatic carbocycles. The molecule has 0 spiro atoms. The smallest absolute Gasteiger partial charge is 0.269 e. The summed E-state index contributed by atoms with van der Waals surface area (Å²) in [7, 11) is 0. The molecule has 2 aromatic rings. The summed E-state index contributed by atoms with van der Waals surface area (Å²) in [5.74, 6) is -0.132. The highest BCUT2D eigenvalue weighted by Crippen LogP contribution is 2.30. The lowest BCUT2D eigenvalue weighted by molar-refractivity contribution is -0.384. The van der Waals surface area contributed by atoms with Crippen molar-refractivity contribution in [2.24, 2.45) is 0 Å². The van der Waals surface area contributed by atoms with Gasteiger partial charge in [-0.05, 0) is 43.5 Å². The second-order valence-corrected chi connectivity index (χ2v) is 6.00. The van der Waals surface area contributed by atoms with Crippen LogP contribution in [0.1, 0.15) is 18.9 Å². The number of benzene rings is 2. The Hall–Kier alpha value is -2.89. The number of fused-ring (bicyclic) bond motifs is 1. The van der Waals surface area contributed by atoms with E-state index in [1.807, 2.05) is 18.2 Å². The number of anilines is 2. The highest BCUT2D eigenvalue weighted by molar-refractivity contribution is 5.94.